The van der Waals surface area contributed by atoms with Crippen molar-refractivity contribution in [2.45, 2.75) is 25.9 Å². The number of halogens is 4. The van der Waals surface area contributed by atoms with Crippen molar-refractivity contribution in [3.8, 4) is 0 Å². The number of pyridine rings is 2. The third kappa shape index (κ3) is 2.90. The molecule has 9 heteroatoms. The first kappa shape index (κ1) is 17.1. The molecule has 1 fully saturated rings. The zero-order chi connectivity index (χ0) is 18.5. The van der Waals surface area contributed by atoms with Crippen molar-refractivity contribution in [2.75, 3.05) is 0 Å². The summed E-state index contributed by atoms with van der Waals surface area (Å²) in [7, 11) is 0. The Morgan fingerprint density at radius 3 is 2.28 bits per heavy atom. The Balaban J connectivity index is 2.25. The molecule has 2 aromatic heterocycles. The second kappa shape index (κ2) is 5.68. The van der Waals surface area contributed by atoms with Crippen LogP contribution < -0.4 is 0 Å². The number of nitrogens with zero attached hydrogens (tertiary/aromatic N) is 2. The largest absolute Gasteiger partial charge is 0.434 e. The quantitative estimate of drug-likeness (QED) is 0.471. The van der Waals surface area contributed by atoms with Crippen molar-refractivity contribution < 1.29 is 31.9 Å². The van der Waals surface area contributed by atoms with Crippen molar-refractivity contribution in [2.24, 2.45) is 5.92 Å². The maximum Gasteiger partial charge on any atom is 0.434 e. The molecule has 1 saturated carbocycles. The normalized spacial score (nSPS) is 16.0. The van der Waals surface area contributed by atoms with E-state index in [2.05, 4.69) is 9.97 Å². The molecule has 0 radical (unpaired) electrons. The fourth-order valence-corrected chi connectivity index (χ4v) is 2.73. The van der Waals surface area contributed by atoms with Crippen LogP contribution in [0.15, 0.2) is 12.1 Å². The van der Waals surface area contributed by atoms with Crippen LogP contribution in [0.1, 0.15) is 34.6 Å². The van der Waals surface area contributed by atoms with Crippen LogP contribution in [0.25, 0.3) is 11.0 Å². The molecule has 130 valence electrons. The van der Waals surface area contributed by atoms with Gasteiger partial charge in [-0.2, -0.15) is 13.2 Å². The van der Waals surface area contributed by atoms with Crippen LogP contribution >= 0.6 is 0 Å². The lowest BCUT2D eigenvalue weighted by Gasteiger charge is -2.14. The van der Waals surface area contributed by atoms with Gasteiger partial charge in [-0.1, -0.05) is 0 Å². The van der Waals surface area contributed by atoms with E-state index in [1.54, 1.807) is 0 Å². The number of ketones is 3. The topological polar surface area (TPSA) is 77.0 Å². The molecule has 5 nitrogen and oxygen atoms in total. The van der Waals surface area contributed by atoms with Gasteiger partial charge in [-0.15, -0.1) is 0 Å². The van der Waals surface area contributed by atoms with E-state index in [1.807, 2.05) is 0 Å². The molecule has 0 bridgehead atoms. The molecule has 2 aromatic rings. The van der Waals surface area contributed by atoms with E-state index in [-0.39, 0.29) is 29.6 Å². The fraction of sp³-hybridized carbons (Fsp3) is 0.312. The third-order valence-corrected chi connectivity index (χ3v) is 3.99. The summed E-state index contributed by atoms with van der Waals surface area (Å²) in [5.41, 5.74) is -3.00. The summed E-state index contributed by atoms with van der Waals surface area (Å²) in [6, 6.07) is 1.68. The van der Waals surface area contributed by atoms with Gasteiger partial charge in [0.1, 0.15) is 11.7 Å². The lowest BCUT2D eigenvalue weighted by molar-refractivity contribution is -0.141. The first-order valence-corrected chi connectivity index (χ1v) is 7.24. The number of rotatable bonds is 2. The van der Waals surface area contributed by atoms with E-state index in [4.69, 9.17) is 0 Å². The van der Waals surface area contributed by atoms with Crippen molar-refractivity contribution in [3.05, 3.63) is 34.9 Å². The number of carbonyl (C=O) groups excluding carboxylic acids is 3. The maximum absolute atomic E-state index is 13.6. The highest BCUT2D eigenvalue weighted by Gasteiger charge is 2.44. The molecule has 0 unspecified atom stereocenters. The lowest BCUT2D eigenvalue weighted by atomic mass is 9.93. The first-order chi connectivity index (χ1) is 11.6. The van der Waals surface area contributed by atoms with Crippen LogP contribution in [0.2, 0.25) is 0 Å². The average molecular weight is 354 g/mol. The number of carbonyl (C=O) groups is 3. The Morgan fingerprint density at radius 1 is 1.12 bits per heavy atom. The van der Waals surface area contributed by atoms with Crippen LogP contribution in [0.5, 0.6) is 0 Å². The Morgan fingerprint density at radius 2 is 1.72 bits per heavy atom. The zero-order valence-electron chi connectivity index (χ0n) is 12.8. The SMILES string of the molecule is Cc1nc2nc(C(F)(F)F)c(C(=O)C3C(=O)CCC3=O)cc2cc1F. The van der Waals surface area contributed by atoms with Crippen molar-refractivity contribution in [1.82, 2.24) is 9.97 Å². The molecule has 25 heavy (non-hydrogen) atoms. The van der Waals surface area contributed by atoms with Gasteiger partial charge in [0, 0.05) is 18.2 Å². The Hall–Kier alpha value is -2.71. The minimum Gasteiger partial charge on any atom is -0.298 e. The highest BCUT2D eigenvalue weighted by atomic mass is 19.4. The molecule has 1 aliphatic carbocycles. The molecular formula is C16H10F4N2O3. The summed E-state index contributed by atoms with van der Waals surface area (Å²) in [6.45, 7) is 1.26. The molecule has 2 heterocycles. The van der Waals surface area contributed by atoms with E-state index >= 15 is 0 Å². The summed E-state index contributed by atoms with van der Waals surface area (Å²) in [5, 5.41) is -0.127. The van der Waals surface area contributed by atoms with E-state index in [0.717, 1.165) is 12.1 Å². The average Bonchev–Trinajstić information content (AvgIpc) is 2.85. The summed E-state index contributed by atoms with van der Waals surface area (Å²) in [6.07, 6.45) is -5.38. The van der Waals surface area contributed by atoms with Crippen molar-refractivity contribution in [3.63, 3.8) is 0 Å². The van der Waals surface area contributed by atoms with Crippen LogP contribution in [-0.2, 0) is 15.8 Å². The van der Waals surface area contributed by atoms with Gasteiger partial charge >= 0.3 is 6.18 Å². The van der Waals surface area contributed by atoms with Gasteiger partial charge in [0.05, 0.1) is 11.3 Å². The lowest BCUT2D eigenvalue weighted by Crippen LogP contribution is -2.28. The third-order valence-electron chi connectivity index (χ3n) is 3.99. The Bertz CT molecular complexity index is 921. The molecule has 0 spiro atoms. The van der Waals surface area contributed by atoms with E-state index in [0.29, 0.717) is 0 Å². The number of Topliss-reactive ketones (excluding diaryl/α,β-unsaturated/α-hetero) is 3. The van der Waals surface area contributed by atoms with Gasteiger partial charge in [0.15, 0.2) is 28.7 Å². The summed E-state index contributed by atoms with van der Waals surface area (Å²) in [4.78, 5) is 42.8. The molecule has 1 aliphatic rings. The number of aromatic nitrogens is 2. The summed E-state index contributed by atoms with van der Waals surface area (Å²) >= 11 is 0. The number of fused-ring (bicyclic) bond motifs is 1. The summed E-state index contributed by atoms with van der Waals surface area (Å²) < 4.78 is 53.6. The molecule has 0 atom stereocenters. The van der Waals surface area contributed by atoms with Gasteiger partial charge in [-0.05, 0) is 19.1 Å². The van der Waals surface area contributed by atoms with Gasteiger partial charge in [-0.3, -0.25) is 14.4 Å². The second-order valence-corrected chi connectivity index (χ2v) is 5.71. The van der Waals surface area contributed by atoms with Gasteiger partial charge in [0.25, 0.3) is 0 Å². The molecule has 0 amide bonds. The smallest absolute Gasteiger partial charge is 0.298 e. The van der Waals surface area contributed by atoms with Crippen LogP contribution in [-0.4, -0.2) is 27.3 Å². The highest BCUT2D eigenvalue weighted by molar-refractivity contribution is 6.27. The minimum absolute atomic E-state index is 0.127. The van der Waals surface area contributed by atoms with E-state index in [9.17, 15) is 31.9 Å². The van der Waals surface area contributed by atoms with E-state index < -0.39 is 46.5 Å². The molecular weight excluding hydrogens is 344 g/mol. The van der Waals surface area contributed by atoms with Crippen LogP contribution in [0.4, 0.5) is 17.6 Å². The van der Waals surface area contributed by atoms with Crippen LogP contribution in [0.3, 0.4) is 0 Å². The van der Waals surface area contributed by atoms with E-state index in [1.165, 1.54) is 6.92 Å². The Labute approximate surface area is 138 Å². The minimum atomic E-state index is -5.01. The second-order valence-electron chi connectivity index (χ2n) is 5.71. The van der Waals surface area contributed by atoms with Crippen molar-refractivity contribution >= 4 is 28.4 Å². The zero-order valence-corrected chi connectivity index (χ0v) is 12.8. The van der Waals surface area contributed by atoms with Crippen LogP contribution in [0, 0.1) is 18.7 Å². The predicted molar refractivity (Wildman–Crippen MR) is 76.3 cm³/mol. The monoisotopic (exact) mass is 354 g/mol. The molecule has 0 N–H and O–H groups in total. The van der Waals surface area contributed by atoms with Crippen molar-refractivity contribution in [1.29, 1.82) is 0 Å². The first-order valence-electron chi connectivity index (χ1n) is 7.24. The number of alkyl halides is 3. The highest BCUT2D eigenvalue weighted by Crippen LogP contribution is 2.34. The number of hydrogen-bond acceptors (Lipinski definition) is 5. The predicted octanol–water partition coefficient (Wildman–Crippen LogP) is 2.83. The standard InChI is InChI=1S/C16H10F4N2O3/c1-6-9(17)5-7-4-8(13(25)12-10(23)2-3-11(12)24)14(16(18,19)20)22-15(7)21-6/h4-5,12H,2-3H2,1H3. The molecule has 3 rings (SSSR count). The number of aryl methyl sites for hydroxylation is 1. The molecule has 0 saturated heterocycles. The van der Waals surface area contributed by atoms with Gasteiger partial charge < -0.3 is 0 Å². The fourth-order valence-electron chi connectivity index (χ4n) is 2.73. The number of hydrogen-bond donors (Lipinski definition) is 0. The Kier molecular flexibility index (Phi) is 3.89. The molecule has 0 aromatic carbocycles. The molecule has 0 aliphatic heterocycles. The maximum atomic E-state index is 13.6. The van der Waals surface area contributed by atoms with Gasteiger partial charge in [-0.25, -0.2) is 14.4 Å². The summed E-state index contributed by atoms with van der Waals surface area (Å²) in [5.74, 6) is -5.26. The van der Waals surface area contributed by atoms with Gasteiger partial charge in [0.2, 0.25) is 0 Å².